The average molecular weight is 416 g/mol. The standard InChI is InChI=1S/C21H28N4O5/c1-4-6-9-12-25-19(27)16-11-8-7-10-15(16)18(24-25)20(28)30-13-17(26)23-21(29)22-14(3)5-2/h7-8,10-11,14H,4-6,9,12-13H2,1-3H3,(H2,22,23,26,29)/t14-/m0/s1. The predicted molar refractivity (Wildman–Crippen MR) is 112 cm³/mol. The van der Waals surface area contributed by atoms with Gasteiger partial charge in [0.1, 0.15) is 0 Å². The minimum absolute atomic E-state index is 0.0430. The van der Waals surface area contributed by atoms with Gasteiger partial charge in [-0.2, -0.15) is 5.10 Å². The number of urea groups is 1. The molecule has 1 heterocycles. The monoisotopic (exact) mass is 416 g/mol. The second kappa shape index (κ2) is 11.1. The van der Waals surface area contributed by atoms with Crippen molar-refractivity contribution in [3.8, 4) is 0 Å². The Balaban J connectivity index is 2.13. The largest absolute Gasteiger partial charge is 0.451 e. The van der Waals surface area contributed by atoms with E-state index in [4.69, 9.17) is 4.74 Å². The molecule has 1 atom stereocenters. The number of carbonyl (C=O) groups is 3. The highest BCUT2D eigenvalue weighted by Crippen LogP contribution is 2.14. The van der Waals surface area contributed by atoms with E-state index in [0.29, 0.717) is 23.7 Å². The molecule has 1 aromatic carbocycles. The molecule has 0 unspecified atom stereocenters. The first kappa shape index (κ1) is 23.1. The molecule has 2 rings (SSSR count). The van der Waals surface area contributed by atoms with Crippen molar-refractivity contribution in [3.63, 3.8) is 0 Å². The number of aryl methyl sites for hydroxylation is 1. The third-order valence-corrected chi connectivity index (χ3v) is 4.61. The molecule has 0 bridgehead atoms. The number of carbonyl (C=O) groups excluding carboxylic acids is 3. The van der Waals surface area contributed by atoms with Crippen LogP contribution in [-0.4, -0.2) is 40.3 Å². The van der Waals surface area contributed by atoms with Gasteiger partial charge in [0, 0.05) is 18.0 Å². The molecule has 1 aromatic heterocycles. The van der Waals surface area contributed by atoms with Crippen molar-refractivity contribution in [3.05, 3.63) is 40.3 Å². The van der Waals surface area contributed by atoms with Crippen molar-refractivity contribution in [2.45, 2.75) is 59.0 Å². The van der Waals surface area contributed by atoms with Gasteiger partial charge in [0.25, 0.3) is 11.5 Å². The van der Waals surface area contributed by atoms with E-state index in [1.54, 1.807) is 31.2 Å². The third-order valence-electron chi connectivity index (χ3n) is 4.61. The Kier molecular flexibility index (Phi) is 8.52. The molecule has 2 aromatic rings. The number of nitrogens with one attached hydrogen (secondary N) is 2. The molecule has 9 heteroatoms. The van der Waals surface area contributed by atoms with Gasteiger partial charge in [0.15, 0.2) is 12.3 Å². The molecule has 9 nitrogen and oxygen atoms in total. The highest BCUT2D eigenvalue weighted by Gasteiger charge is 2.19. The van der Waals surface area contributed by atoms with Crippen molar-refractivity contribution in [2.24, 2.45) is 0 Å². The molecule has 0 aliphatic heterocycles. The van der Waals surface area contributed by atoms with Crippen LogP contribution in [0.1, 0.15) is 56.9 Å². The topological polar surface area (TPSA) is 119 Å². The summed E-state index contributed by atoms with van der Waals surface area (Å²) in [4.78, 5) is 48.8. The Morgan fingerprint density at radius 1 is 1.13 bits per heavy atom. The number of ether oxygens (including phenoxy) is 1. The molecule has 30 heavy (non-hydrogen) atoms. The van der Waals surface area contributed by atoms with Gasteiger partial charge in [0.2, 0.25) is 0 Å². The van der Waals surface area contributed by atoms with Gasteiger partial charge in [-0.25, -0.2) is 14.3 Å². The van der Waals surface area contributed by atoms with Crippen molar-refractivity contribution in [1.29, 1.82) is 0 Å². The third kappa shape index (κ3) is 6.13. The van der Waals surface area contributed by atoms with Crippen LogP contribution < -0.4 is 16.2 Å². The molecule has 0 aliphatic rings. The van der Waals surface area contributed by atoms with Gasteiger partial charge in [-0.05, 0) is 25.8 Å². The zero-order valence-electron chi connectivity index (χ0n) is 17.6. The summed E-state index contributed by atoms with van der Waals surface area (Å²) >= 11 is 0. The molecule has 0 saturated carbocycles. The molecule has 3 amide bonds. The Bertz CT molecular complexity index is 970. The number of aromatic nitrogens is 2. The fourth-order valence-corrected chi connectivity index (χ4v) is 2.77. The fourth-order valence-electron chi connectivity index (χ4n) is 2.77. The average Bonchev–Trinajstić information content (AvgIpc) is 2.73. The van der Waals surface area contributed by atoms with Gasteiger partial charge < -0.3 is 10.1 Å². The number of hydrogen-bond donors (Lipinski definition) is 2. The summed E-state index contributed by atoms with van der Waals surface area (Å²) in [7, 11) is 0. The van der Waals surface area contributed by atoms with E-state index in [1.807, 2.05) is 13.8 Å². The SMILES string of the molecule is CCCCCn1nc(C(=O)OCC(=O)NC(=O)N[C@@H](C)CC)c2ccccc2c1=O. The van der Waals surface area contributed by atoms with Gasteiger partial charge >= 0.3 is 12.0 Å². The minimum atomic E-state index is -0.840. The number of hydrogen-bond acceptors (Lipinski definition) is 6. The van der Waals surface area contributed by atoms with E-state index in [0.717, 1.165) is 19.3 Å². The lowest BCUT2D eigenvalue weighted by molar-refractivity contribution is -0.123. The molecule has 0 radical (unpaired) electrons. The van der Waals surface area contributed by atoms with Crippen LogP contribution >= 0.6 is 0 Å². The lowest BCUT2D eigenvalue weighted by Gasteiger charge is -2.12. The molecule has 0 saturated heterocycles. The molecule has 0 aliphatic carbocycles. The maximum atomic E-state index is 12.6. The number of nitrogens with zero attached hydrogens (tertiary/aromatic N) is 2. The second-order valence-electron chi connectivity index (χ2n) is 7.04. The van der Waals surface area contributed by atoms with Crippen molar-refractivity contribution >= 4 is 28.7 Å². The van der Waals surface area contributed by atoms with E-state index >= 15 is 0 Å². The van der Waals surface area contributed by atoms with Gasteiger partial charge in [0.05, 0.1) is 5.39 Å². The van der Waals surface area contributed by atoms with Crippen LogP contribution in [0.5, 0.6) is 0 Å². The van der Waals surface area contributed by atoms with Crippen LogP contribution in [0.15, 0.2) is 29.1 Å². The lowest BCUT2D eigenvalue weighted by Crippen LogP contribution is -2.44. The quantitative estimate of drug-likeness (QED) is 0.478. The van der Waals surface area contributed by atoms with Crippen molar-refractivity contribution in [2.75, 3.05) is 6.61 Å². The zero-order chi connectivity index (χ0) is 22.1. The summed E-state index contributed by atoms with van der Waals surface area (Å²) in [5.41, 5.74) is -0.323. The first-order chi connectivity index (χ1) is 14.4. The Hall–Kier alpha value is -3.23. The number of rotatable bonds is 9. The van der Waals surface area contributed by atoms with E-state index in [1.165, 1.54) is 4.68 Å². The summed E-state index contributed by atoms with van der Waals surface area (Å²) in [6.45, 7) is 5.49. The highest BCUT2D eigenvalue weighted by atomic mass is 16.5. The van der Waals surface area contributed by atoms with Crippen molar-refractivity contribution < 1.29 is 19.1 Å². The minimum Gasteiger partial charge on any atom is -0.451 e. The van der Waals surface area contributed by atoms with Crippen molar-refractivity contribution in [1.82, 2.24) is 20.4 Å². The van der Waals surface area contributed by atoms with E-state index in [-0.39, 0.29) is 17.3 Å². The van der Waals surface area contributed by atoms with E-state index in [9.17, 15) is 19.2 Å². The molecule has 2 N–H and O–H groups in total. The summed E-state index contributed by atoms with van der Waals surface area (Å²) in [5, 5.41) is 9.57. The highest BCUT2D eigenvalue weighted by molar-refractivity contribution is 6.03. The normalized spacial score (nSPS) is 11.7. The molecular formula is C21H28N4O5. The zero-order valence-corrected chi connectivity index (χ0v) is 17.6. The van der Waals surface area contributed by atoms with Crippen LogP contribution in [0.3, 0.4) is 0 Å². The second-order valence-corrected chi connectivity index (χ2v) is 7.04. The molecule has 0 fully saturated rings. The van der Waals surface area contributed by atoms with Gasteiger partial charge in [-0.3, -0.25) is 14.9 Å². The molecule has 162 valence electrons. The number of fused-ring (bicyclic) bond motifs is 1. The van der Waals surface area contributed by atoms with Gasteiger partial charge in [-0.1, -0.05) is 44.9 Å². The van der Waals surface area contributed by atoms with E-state index < -0.39 is 24.5 Å². The Labute approximate surface area is 174 Å². The van der Waals surface area contributed by atoms with Crippen LogP contribution in [0.25, 0.3) is 10.8 Å². The summed E-state index contributed by atoms with van der Waals surface area (Å²) < 4.78 is 6.30. The summed E-state index contributed by atoms with van der Waals surface area (Å²) in [6.07, 6.45) is 3.38. The smallest absolute Gasteiger partial charge is 0.359 e. The maximum absolute atomic E-state index is 12.6. The molecular weight excluding hydrogens is 388 g/mol. The summed E-state index contributed by atoms with van der Waals surface area (Å²) in [6, 6.07) is 5.88. The van der Waals surface area contributed by atoms with Gasteiger partial charge in [-0.15, -0.1) is 0 Å². The van der Waals surface area contributed by atoms with E-state index in [2.05, 4.69) is 15.7 Å². The molecule has 0 spiro atoms. The van der Waals surface area contributed by atoms with Crippen LogP contribution in [0.4, 0.5) is 4.79 Å². The number of benzene rings is 1. The first-order valence-corrected chi connectivity index (χ1v) is 10.1. The first-order valence-electron chi connectivity index (χ1n) is 10.1. The predicted octanol–water partition coefficient (Wildman–Crippen LogP) is 2.37. The number of imide groups is 1. The number of esters is 1. The van der Waals surface area contributed by atoms with Crippen LogP contribution in [0, 0.1) is 0 Å². The number of amides is 3. The van der Waals surface area contributed by atoms with Crippen LogP contribution in [-0.2, 0) is 16.1 Å². The lowest BCUT2D eigenvalue weighted by atomic mass is 10.1. The number of unbranched alkanes of at least 4 members (excludes halogenated alkanes) is 2. The van der Waals surface area contributed by atoms with Crippen LogP contribution in [0.2, 0.25) is 0 Å². The maximum Gasteiger partial charge on any atom is 0.359 e. The Morgan fingerprint density at radius 2 is 1.83 bits per heavy atom. The summed E-state index contributed by atoms with van der Waals surface area (Å²) in [5.74, 6) is -1.60. The fraction of sp³-hybridized carbons (Fsp3) is 0.476. The Morgan fingerprint density at radius 3 is 2.50 bits per heavy atom.